The summed E-state index contributed by atoms with van der Waals surface area (Å²) in [5.74, 6) is 0.968. The van der Waals surface area contributed by atoms with Crippen molar-refractivity contribution < 1.29 is 18.9 Å². The fourth-order valence-electron chi connectivity index (χ4n) is 7.22. The molecule has 2 N–H and O–H groups in total. The van der Waals surface area contributed by atoms with Gasteiger partial charge in [-0.1, -0.05) is 207 Å². The predicted molar refractivity (Wildman–Crippen MR) is 190 cm³/mol. The Balaban J connectivity index is 5.41. The molecule has 5 heteroatoms. The summed E-state index contributed by atoms with van der Waals surface area (Å²) < 4.78 is 18.1. The maximum atomic E-state index is 12.3. The standard InChI is InChI=1S/C38H79O4P/c1-6-10-14-18-20-24-28-32-36(30-26-22-16-12-8-3)34-38(5,42-43(39,40)41)35-37(31-27-23-17-13-9-4)33-29-25-21-19-15-11-7-2/h36-37H,6-35H2,1-5H3,(H2,39,40,41). The van der Waals surface area contributed by atoms with Crippen LogP contribution in [0.25, 0.3) is 0 Å². The van der Waals surface area contributed by atoms with E-state index in [1.54, 1.807) is 0 Å². The summed E-state index contributed by atoms with van der Waals surface area (Å²) in [5, 5.41) is 0. The molecule has 0 saturated heterocycles. The Kier molecular flexibility index (Phi) is 29.6. The summed E-state index contributed by atoms with van der Waals surface area (Å²) in [4.78, 5) is 20.1. The van der Waals surface area contributed by atoms with Crippen LogP contribution in [-0.2, 0) is 9.09 Å². The average Bonchev–Trinajstić information content (AvgIpc) is 2.94. The lowest BCUT2D eigenvalue weighted by Crippen LogP contribution is -2.33. The lowest BCUT2D eigenvalue weighted by Gasteiger charge is -2.36. The summed E-state index contributed by atoms with van der Waals surface area (Å²) in [6.45, 7) is 11.1. The van der Waals surface area contributed by atoms with Crippen molar-refractivity contribution in [1.29, 1.82) is 0 Å². The lowest BCUT2D eigenvalue weighted by molar-refractivity contribution is 0.00305. The molecule has 4 nitrogen and oxygen atoms in total. The first-order valence-corrected chi connectivity index (χ1v) is 21.0. The molecule has 43 heavy (non-hydrogen) atoms. The van der Waals surface area contributed by atoms with Gasteiger partial charge in [0.15, 0.2) is 0 Å². The van der Waals surface area contributed by atoms with Crippen molar-refractivity contribution in [2.45, 2.75) is 233 Å². The van der Waals surface area contributed by atoms with E-state index in [4.69, 9.17) is 4.52 Å². The van der Waals surface area contributed by atoms with Crippen LogP contribution in [0.15, 0.2) is 0 Å². The fourth-order valence-corrected chi connectivity index (χ4v) is 7.94. The van der Waals surface area contributed by atoms with E-state index in [0.29, 0.717) is 11.8 Å². The molecule has 2 atom stereocenters. The molecule has 0 aromatic heterocycles. The number of hydrogen-bond donors (Lipinski definition) is 2. The van der Waals surface area contributed by atoms with Crippen LogP contribution in [0.5, 0.6) is 0 Å². The van der Waals surface area contributed by atoms with Crippen LogP contribution in [0.4, 0.5) is 0 Å². The SMILES string of the molecule is CCCCCCCCCC(CCCCCCC)CC(C)(CC(CCCCCCC)CCCCCCCCC)OP(=O)(O)O. The van der Waals surface area contributed by atoms with E-state index in [9.17, 15) is 14.4 Å². The molecule has 2 unspecified atom stereocenters. The molecule has 0 aliphatic rings. The van der Waals surface area contributed by atoms with E-state index < -0.39 is 13.4 Å². The van der Waals surface area contributed by atoms with E-state index in [1.165, 1.54) is 180 Å². The zero-order valence-corrected chi connectivity index (χ0v) is 30.9. The van der Waals surface area contributed by atoms with Gasteiger partial charge in [-0.05, 0) is 31.6 Å². The van der Waals surface area contributed by atoms with Crippen LogP contribution in [0.2, 0.25) is 0 Å². The molecule has 0 bridgehead atoms. The average molecular weight is 631 g/mol. The van der Waals surface area contributed by atoms with Gasteiger partial charge in [0.2, 0.25) is 0 Å². The fraction of sp³-hybridized carbons (Fsp3) is 1.00. The highest BCUT2D eigenvalue weighted by Crippen LogP contribution is 2.47. The second-order valence-corrected chi connectivity index (χ2v) is 15.6. The van der Waals surface area contributed by atoms with Crippen LogP contribution >= 0.6 is 7.82 Å². The number of rotatable bonds is 34. The Morgan fingerprint density at radius 1 is 0.465 bits per heavy atom. The third-order valence-corrected chi connectivity index (χ3v) is 10.3. The van der Waals surface area contributed by atoms with Crippen LogP contribution in [0, 0.1) is 11.8 Å². The molecule has 0 aliphatic heterocycles. The molecular formula is C38H79O4P. The van der Waals surface area contributed by atoms with E-state index in [2.05, 4.69) is 27.7 Å². The van der Waals surface area contributed by atoms with Crippen LogP contribution in [0.1, 0.15) is 227 Å². The third kappa shape index (κ3) is 29.3. The molecule has 0 rings (SSSR count). The summed E-state index contributed by atoms with van der Waals surface area (Å²) >= 11 is 0. The smallest absolute Gasteiger partial charge is 0.303 e. The normalized spacial score (nSPS) is 15.0. The molecule has 260 valence electrons. The largest absolute Gasteiger partial charge is 0.470 e. The van der Waals surface area contributed by atoms with Crippen molar-refractivity contribution in [3.05, 3.63) is 0 Å². The van der Waals surface area contributed by atoms with Crippen LogP contribution in [-0.4, -0.2) is 15.4 Å². The Labute approximate surface area is 270 Å². The second-order valence-electron chi connectivity index (χ2n) is 14.4. The summed E-state index contributed by atoms with van der Waals surface area (Å²) in [6.07, 6.45) is 37.3. The first-order chi connectivity index (χ1) is 20.7. The van der Waals surface area contributed by atoms with Gasteiger partial charge in [-0.25, -0.2) is 4.57 Å². The van der Waals surface area contributed by atoms with Gasteiger partial charge in [-0.2, -0.15) is 0 Å². The quantitative estimate of drug-likeness (QED) is 0.0548. The first-order valence-electron chi connectivity index (χ1n) is 19.5. The molecule has 0 aromatic rings. The minimum Gasteiger partial charge on any atom is -0.303 e. The van der Waals surface area contributed by atoms with Gasteiger partial charge in [0, 0.05) is 0 Å². The highest BCUT2D eigenvalue weighted by atomic mass is 31.2. The Morgan fingerprint density at radius 3 is 0.930 bits per heavy atom. The van der Waals surface area contributed by atoms with Crippen molar-refractivity contribution >= 4 is 7.82 Å². The predicted octanol–water partition coefficient (Wildman–Crippen LogP) is 13.9. The maximum absolute atomic E-state index is 12.3. The van der Waals surface area contributed by atoms with Crippen molar-refractivity contribution in [2.75, 3.05) is 0 Å². The third-order valence-electron chi connectivity index (χ3n) is 9.64. The molecule has 0 fully saturated rings. The van der Waals surface area contributed by atoms with Crippen molar-refractivity contribution in [3.8, 4) is 0 Å². The summed E-state index contributed by atoms with van der Waals surface area (Å²) in [7, 11) is -4.58. The molecule has 0 spiro atoms. The number of hydrogen-bond acceptors (Lipinski definition) is 2. The Hall–Kier alpha value is 0.110. The van der Waals surface area contributed by atoms with Crippen LogP contribution < -0.4 is 0 Å². The first kappa shape index (κ1) is 43.1. The lowest BCUT2D eigenvalue weighted by atomic mass is 9.78. The molecular weight excluding hydrogens is 551 g/mol. The van der Waals surface area contributed by atoms with E-state index in [0.717, 1.165) is 12.8 Å². The molecule has 0 amide bonds. The van der Waals surface area contributed by atoms with Gasteiger partial charge in [-0.3, -0.25) is 4.52 Å². The number of phosphoric acid groups is 1. The number of unbranched alkanes of at least 4 members (excludes halogenated alkanes) is 20. The molecule has 0 heterocycles. The monoisotopic (exact) mass is 631 g/mol. The molecule has 0 aliphatic carbocycles. The topological polar surface area (TPSA) is 66.8 Å². The zero-order chi connectivity index (χ0) is 32.1. The Morgan fingerprint density at radius 2 is 0.698 bits per heavy atom. The van der Waals surface area contributed by atoms with Gasteiger partial charge in [-0.15, -0.1) is 0 Å². The van der Waals surface area contributed by atoms with Gasteiger partial charge in [0.05, 0.1) is 5.60 Å². The van der Waals surface area contributed by atoms with E-state index in [-0.39, 0.29) is 0 Å². The van der Waals surface area contributed by atoms with Crippen LogP contribution in [0.3, 0.4) is 0 Å². The highest BCUT2D eigenvalue weighted by Gasteiger charge is 2.37. The minimum absolute atomic E-state index is 0.484. The van der Waals surface area contributed by atoms with Gasteiger partial charge >= 0.3 is 7.82 Å². The molecule has 0 saturated carbocycles. The summed E-state index contributed by atoms with van der Waals surface area (Å²) in [5.41, 5.74) is -0.760. The van der Waals surface area contributed by atoms with Gasteiger partial charge in [0.1, 0.15) is 0 Å². The second kappa shape index (κ2) is 29.5. The molecule has 0 aromatic carbocycles. The Bertz CT molecular complexity index is 581. The van der Waals surface area contributed by atoms with Gasteiger partial charge in [0.25, 0.3) is 0 Å². The molecule has 0 radical (unpaired) electrons. The number of phosphoric ester groups is 1. The van der Waals surface area contributed by atoms with Crippen molar-refractivity contribution in [2.24, 2.45) is 11.8 Å². The minimum atomic E-state index is -4.58. The maximum Gasteiger partial charge on any atom is 0.470 e. The van der Waals surface area contributed by atoms with Crippen molar-refractivity contribution in [1.82, 2.24) is 0 Å². The highest BCUT2D eigenvalue weighted by molar-refractivity contribution is 7.46. The summed E-state index contributed by atoms with van der Waals surface area (Å²) in [6, 6.07) is 0. The van der Waals surface area contributed by atoms with E-state index in [1.807, 2.05) is 6.92 Å². The zero-order valence-electron chi connectivity index (χ0n) is 30.0. The van der Waals surface area contributed by atoms with Crippen molar-refractivity contribution in [3.63, 3.8) is 0 Å². The van der Waals surface area contributed by atoms with E-state index >= 15 is 0 Å². The van der Waals surface area contributed by atoms with Gasteiger partial charge < -0.3 is 9.79 Å².